The van der Waals surface area contributed by atoms with Gasteiger partial charge in [-0.15, -0.1) is 0 Å². The molecule has 8 nitrogen and oxygen atoms in total. The highest BCUT2D eigenvalue weighted by Crippen LogP contribution is 2.26. The minimum absolute atomic E-state index is 0.0274. The van der Waals surface area contributed by atoms with Crippen LogP contribution in [0.2, 0.25) is 5.02 Å². The molecule has 2 aromatic rings. The standard InChI is InChI=1S/C20H24ClN5O3S/c21-17-4-6-18(7-5-17)30(28,29)26-10-1-3-16(15-26)19(27)24-11-13-25(14-12-24)20-22-8-2-9-23-20/h2,4-9,16H,1,3,10-15H2/t16-/m1/s1. The molecule has 1 aromatic heterocycles. The summed E-state index contributed by atoms with van der Waals surface area (Å²) in [6, 6.07) is 7.92. The summed E-state index contributed by atoms with van der Waals surface area (Å²) in [6.07, 6.45) is 4.78. The van der Waals surface area contributed by atoms with Crippen molar-refractivity contribution in [1.82, 2.24) is 19.2 Å². The number of amides is 1. The van der Waals surface area contributed by atoms with Crippen LogP contribution in [-0.4, -0.2) is 72.8 Å². The molecule has 0 saturated carbocycles. The first-order valence-corrected chi connectivity index (χ1v) is 11.8. The Bertz CT molecular complexity index is 979. The van der Waals surface area contributed by atoms with E-state index in [0.29, 0.717) is 56.5 Å². The first-order chi connectivity index (χ1) is 14.4. The molecule has 0 bridgehead atoms. The van der Waals surface area contributed by atoms with Crippen LogP contribution in [0.15, 0.2) is 47.6 Å². The van der Waals surface area contributed by atoms with Crippen LogP contribution < -0.4 is 4.90 Å². The van der Waals surface area contributed by atoms with E-state index >= 15 is 0 Å². The topological polar surface area (TPSA) is 86.7 Å². The Balaban J connectivity index is 1.39. The zero-order valence-corrected chi connectivity index (χ0v) is 18.1. The van der Waals surface area contributed by atoms with Crippen LogP contribution in [0.5, 0.6) is 0 Å². The maximum atomic E-state index is 13.1. The summed E-state index contributed by atoms with van der Waals surface area (Å²) in [7, 11) is -3.64. The van der Waals surface area contributed by atoms with Crippen molar-refractivity contribution in [2.75, 3.05) is 44.2 Å². The second kappa shape index (κ2) is 8.87. The van der Waals surface area contributed by atoms with Gasteiger partial charge in [-0.25, -0.2) is 18.4 Å². The Kier molecular flexibility index (Phi) is 6.21. The lowest BCUT2D eigenvalue weighted by molar-refractivity contribution is -0.137. The Hall–Kier alpha value is -2.23. The van der Waals surface area contributed by atoms with Gasteiger partial charge in [0.2, 0.25) is 21.9 Å². The van der Waals surface area contributed by atoms with Crippen LogP contribution >= 0.6 is 11.6 Å². The highest BCUT2D eigenvalue weighted by Gasteiger charge is 2.36. The van der Waals surface area contributed by atoms with E-state index < -0.39 is 10.0 Å². The molecule has 1 atom stereocenters. The van der Waals surface area contributed by atoms with Gasteiger partial charge < -0.3 is 9.80 Å². The van der Waals surface area contributed by atoms with Gasteiger partial charge in [-0.05, 0) is 43.2 Å². The van der Waals surface area contributed by atoms with Crippen molar-refractivity contribution in [3.05, 3.63) is 47.7 Å². The summed E-state index contributed by atoms with van der Waals surface area (Å²) in [5.41, 5.74) is 0. The number of hydrogen-bond donors (Lipinski definition) is 0. The van der Waals surface area contributed by atoms with Crippen molar-refractivity contribution in [1.29, 1.82) is 0 Å². The lowest BCUT2D eigenvalue weighted by Crippen LogP contribution is -2.53. The second-order valence-electron chi connectivity index (χ2n) is 7.52. The molecule has 1 aromatic carbocycles. The summed E-state index contributed by atoms with van der Waals surface area (Å²) in [5.74, 6) is 0.377. The zero-order valence-electron chi connectivity index (χ0n) is 16.5. The second-order valence-corrected chi connectivity index (χ2v) is 9.89. The van der Waals surface area contributed by atoms with E-state index in [-0.39, 0.29) is 23.3 Å². The van der Waals surface area contributed by atoms with Gasteiger partial charge in [0, 0.05) is 56.7 Å². The number of hydrogen-bond acceptors (Lipinski definition) is 6. The molecule has 0 aliphatic carbocycles. The third-order valence-corrected chi connectivity index (χ3v) is 7.74. The fraction of sp³-hybridized carbons (Fsp3) is 0.450. The van der Waals surface area contributed by atoms with Gasteiger partial charge in [-0.3, -0.25) is 4.79 Å². The van der Waals surface area contributed by atoms with Crippen LogP contribution in [0.3, 0.4) is 0 Å². The molecular weight excluding hydrogens is 426 g/mol. The predicted octanol–water partition coefficient (Wildman–Crippen LogP) is 1.88. The highest BCUT2D eigenvalue weighted by molar-refractivity contribution is 7.89. The smallest absolute Gasteiger partial charge is 0.243 e. The van der Waals surface area contributed by atoms with Gasteiger partial charge in [0.05, 0.1) is 10.8 Å². The molecule has 0 spiro atoms. The number of sulfonamides is 1. The molecule has 2 saturated heterocycles. The van der Waals surface area contributed by atoms with Gasteiger partial charge in [-0.2, -0.15) is 4.31 Å². The monoisotopic (exact) mass is 449 g/mol. The normalized spacial score (nSPS) is 20.9. The molecule has 4 rings (SSSR count). The summed E-state index contributed by atoms with van der Waals surface area (Å²) in [6.45, 7) is 3.12. The van der Waals surface area contributed by atoms with Gasteiger partial charge in [0.15, 0.2) is 0 Å². The van der Waals surface area contributed by atoms with Gasteiger partial charge >= 0.3 is 0 Å². The Labute approximate surface area is 181 Å². The van der Waals surface area contributed by atoms with E-state index in [1.165, 1.54) is 16.4 Å². The maximum absolute atomic E-state index is 13.1. The number of piperazine rings is 1. The van der Waals surface area contributed by atoms with Crippen molar-refractivity contribution in [3.63, 3.8) is 0 Å². The van der Waals surface area contributed by atoms with E-state index in [2.05, 4.69) is 14.9 Å². The number of carbonyl (C=O) groups is 1. The van der Waals surface area contributed by atoms with Gasteiger partial charge in [-0.1, -0.05) is 11.6 Å². The molecule has 0 N–H and O–H groups in total. The molecule has 10 heteroatoms. The lowest BCUT2D eigenvalue weighted by atomic mass is 9.98. The van der Waals surface area contributed by atoms with Crippen LogP contribution in [0.25, 0.3) is 0 Å². The van der Waals surface area contributed by atoms with Crippen molar-refractivity contribution < 1.29 is 13.2 Å². The average molecular weight is 450 g/mol. The molecule has 0 unspecified atom stereocenters. The molecule has 0 radical (unpaired) electrons. The van der Waals surface area contributed by atoms with E-state index in [0.717, 1.165) is 0 Å². The van der Waals surface area contributed by atoms with E-state index in [9.17, 15) is 13.2 Å². The largest absolute Gasteiger partial charge is 0.339 e. The SMILES string of the molecule is O=C([C@@H]1CCCN(S(=O)(=O)c2ccc(Cl)cc2)C1)N1CCN(c2ncccn2)CC1. The Morgan fingerprint density at radius 2 is 1.67 bits per heavy atom. The number of benzene rings is 1. The van der Waals surface area contributed by atoms with Crippen LogP contribution in [0.4, 0.5) is 5.95 Å². The maximum Gasteiger partial charge on any atom is 0.243 e. The first kappa shape index (κ1) is 21.0. The van der Waals surface area contributed by atoms with Crippen molar-refractivity contribution in [2.24, 2.45) is 5.92 Å². The van der Waals surface area contributed by atoms with Crippen LogP contribution in [0.1, 0.15) is 12.8 Å². The Morgan fingerprint density at radius 1 is 1.00 bits per heavy atom. The number of rotatable bonds is 4. The summed E-state index contributed by atoms with van der Waals surface area (Å²) in [4.78, 5) is 25.7. The zero-order chi connectivity index (χ0) is 21.1. The van der Waals surface area contributed by atoms with E-state index in [4.69, 9.17) is 11.6 Å². The third kappa shape index (κ3) is 4.43. The third-order valence-electron chi connectivity index (χ3n) is 5.61. The molecule has 2 fully saturated rings. The number of carbonyl (C=O) groups excluding carboxylic acids is 1. The van der Waals surface area contributed by atoms with Crippen molar-refractivity contribution in [3.8, 4) is 0 Å². The van der Waals surface area contributed by atoms with Gasteiger partial charge in [0.1, 0.15) is 0 Å². The quantitative estimate of drug-likeness (QED) is 0.708. The number of nitrogens with zero attached hydrogens (tertiary/aromatic N) is 5. The number of piperidine rings is 1. The molecule has 3 heterocycles. The predicted molar refractivity (Wildman–Crippen MR) is 114 cm³/mol. The summed E-state index contributed by atoms with van der Waals surface area (Å²) < 4.78 is 27.4. The number of halogens is 1. The first-order valence-electron chi connectivity index (χ1n) is 10.0. The fourth-order valence-corrected chi connectivity index (χ4v) is 5.61. The molecule has 2 aliphatic rings. The fourth-order valence-electron chi connectivity index (χ4n) is 3.96. The van der Waals surface area contributed by atoms with E-state index in [1.54, 1.807) is 30.6 Å². The van der Waals surface area contributed by atoms with E-state index in [1.807, 2.05) is 4.90 Å². The molecule has 2 aliphatic heterocycles. The Morgan fingerprint density at radius 3 is 2.33 bits per heavy atom. The number of anilines is 1. The highest BCUT2D eigenvalue weighted by atomic mass is 35.5. The minimum atomic E-state index is -3.64. The average Bonchev–Trinajstić information content (AvgIpc) is 2.80. The lowest BCUT2D eigenvalue weighted by Gasteiger charge is -2.38. The number of aromatic nitrogens is 2. The van der Waals surface area contributed by atoms with Crippen molar-refractivity contribution in [2.45, 2.75) is 17.7 Å². The molecule has 30 heavy (non-hydrogen) atoms. The summed E-state index contributed by atoms with van der Waals surface area (Å²) >= 11 is 5.88. The van der Waals surface area contributed by atoms with Crippen molar-refractivity contribution >= 4 is 33.5 Å². The minimum Gasteiger partial charge on any atom is -0.339 e. The van der Waals surface area contributed by atoms with Crippen LogP contribution in [0, 0.1) is 5.92 Å². The summed E-state index contributed by atoms with van der Waals surface area (Å²) in [5, 5.41) is 0.487. The molecule has 1 amide bonds. The molecular formula is C20H24ClN5O3S. The molecule has 160 valence electrons. The van der Waals surface area contributed by atoms with Gasteiger partial charge in [0.25, 0.3) is 0 Å². The van der Waals surface area contributed by atoms with Crippen LogP contribution in [-0.2, 0) is 14.8 Å².